The van der Waals surface area contributed by atoms with Gasteiger partial charge in [0.2, 0.25) is 0 Å². The van der Waals surface area contributed by atoms with Gasteiger partial charge in [0.1, 0.15) is 5.75 Å². The zero-order chi connectivity index (χ0) is 20.6. The van der Waals surface area contributed by atoms with Crippen LogP contribution < -0.4 is 4.74 Å². The number of hydrogen-bond donors (Lipinski definition) is 1. The summed E-state index contributed by atoms with van der Waals surface area (Å²) >= 11 is 1.63. The minimum Gasteiger partial charge on any atom is -0.410 e. The lowest BCUT2D eigenvalue weighted by Crippen LogP contribution is -2.49. The van der Waals surface area contributed by atoms with Crippen molar-refractivity contribution in [2.24, 2.45) is 0 Å². The summed E-state index contributed by atoms with van der Waals surface area (Å²) in [7, 11) is 0. The normalized spacial score (nSPS) is 14.6. The first-order valence-electron chi connectivity index (χ1n) is 10.1. The van der Waals surface area contributed by atoms with Crippen LogP contribution in [-0.4, -0.2) is 63.6 Å². The zero-order valence-corrected chi connectivity index (χ0v) is 17.6. The first kappa shape index (κ1) is 20.4. The van der Waals surface area contributed by atoms with E-state index < -0.39 is 0 Å². The summed E-state index contributed by atoms with van der Waals surface area (Å²) in [4.78, 5) is 28.1. The molecule has 0 atom stereocenters. The SMILES string of the molecule is O=C(Oc1ccc(CSc2ncc[nH]2)cc1)N1CCN(CCc2cccnc2)CC1. The summed E-state index contributed by atoms with van der Waals surface area (Å²) in [5.41, 5.74) is 2.39. The number of aromatic nitrogens is 3. The summed E-state index contributed by atoms with van der Waals surface area (Å²) in [6.45, 7) is 4.07. The number of nitrogens with one attached hydrogen (secondary N) is 1. The average molecular weight is 424 g/mol. The molecule has 30 heavy (non-hydrogen) atoms. The molecule has 3 heterocycles. The summed E-state index contributed by atoms with van der Waals surface area (Å²) < 4.78 is 5.56. The average Bonchev–Trinajstić information content (AvgIpc) is 3.32. The standard InChI is InChI=1S/C22H25N5O2S/c28-22(27-14-12-26(13-15-27)11-7-18-2-1-8-23-16-18)29-20-5-3-19(4-6-20)17-30-21-24-9-10-25-21/h1-6,8-10,16H,7,11-15,17H2,(H,24,25). The van der Waals surface area contributed by atoms with Crippen molar-refractivity contribution in [3.8, 4) is 5.75 Å². The number of pyridine rings is 1. The van der Waals surface area contributed by atoms with Crippen LogP contribution in [-0.2, 0) is 12.2 Å². The van der Waals surface area contributed by atoms with Gasteiger partial charge in [-0.05, 0) is 35.7 Å². The number of rotatable bonds is 7. The number of thioether (sulfide) groups is 1. The first-order valence-corrected chi connectivity index (χ1v) is 11.0. The van der Waals surface area contributed by atoms with E-state index in [2.05, 4.69) is 25.9 Å². The van der Waals surface area contributed by atoms with Gasteiger partial charge in [0.05, 0.1) is 0 Å². The Morgan fingerprint density at radius 2 is 1.90 bits per heavy atom. The highest BCUT2D eigenvalue weighted by Crippen LogP contribution is 2.21. The molecule has 1 aromatic carbocycles. The Hall–Kier alpha value is -2.84. The van der Waals surface area contributed by atoms with Crippen LogP contribution in [0.25, 0.3) is 0 Å². The van der Waals surface area contributed by atoms with E-state index in [0.717, 1.165) is 42.5 Å². The molecule has 0 aliphatic carbocycles. The molecule has 1 aliphatic heterocycles. The van der Waals surface area contributed by atoms with Crippen LogP contribution in [0.1, 0.15) is 11.1 Å². The van der Waals surface area contributed by atoms with Gasteiger partial charge in [-0.1, -0.05) is 30.0 Å². The molecule has 0 spiro atoms. The molecule has 0 bridgehead atoms. The minimum absolute atomic E-state index is 0.278. The van der Waals surface area contributed by atoms with E-state index in [-0.39, 0.29) is 6.09 Å². The maximum absolute atomic E-state index is 12.5. The Labute approximate surface area is 180 Å². The highest BCUT2D eigenvalue weighted by atomic mass is 32.2. The fraction of sp³-hybridized carbons (Fsp3) is 0.318. The van der Waals surface area contributed by atoms with E-state index in [9.17, 15) is 4.79 Å². The number of nitrogens with zero attached hydrogens (tertiary/aromatic N) is 4. The van der Waals surface area contributed by atoms with Crippen molar-refractivity contribution in [3.05, 3.63) is 72.3 Å². The monoisotopic (exact) mass is 423 g/mol. The van der Waals surface area contributed by atoms with E-state index in [1.807, 2.05) is 42.7 Å². The maximum Gasteiger partial charge on any atom is 0.415 e. The van der Waals surface area contributed by atoms with E-state index in [1.54, 1.807) is 29.1 Å². The third-order valence-corrected chi connectivity index (χ3v) is 6.02. The summed E-state index contributed by atoms with van der Waals surface area (Å²) in [6.07, 6.45) is 7.95. The Bertz CT molecular complexity index is 910. The molecule has 156 valence electrons. The van der Waals surface area contributed by atoms with E-state index in [0.29, 0.717) is 18.8 Å². The highest BCUT2D eigenvalue weighted by Gasteiger charge is 2.22. The van der Waals surface area contributed by atoms with Crippen LogP contribution in [0.15, 0.2) is 66.3 Å². The second-order valence-electron chi connectivity index (χ2n) is 7.13. The zero-order valence-electron chi connectivity index (χ0n) is 16.7. The molecule has 8 heteroatoms. The Morgan fingerprint density at radius 3 is 2.60 bits per heavy atom. The van der Waals surface area contributed by atoms with Crippen LogP contribution in [0, 0.1) is 0 Å². The number of carbonyl (C=O) groups excluding carboxylic acids is 1. The van der Waals surface area contributed by atoms with Crippen LogP contribution in [0.4, 0.5) is 4.79 Å². The molecule has 0 radical (unpaired) electrons. The van der Waals surface area contributed by atoms with E-state index in [4.69, 9.17) is 4.74 Å². The third-order valence-electron chi connectivity index (χ3n) is 5.05. The van der Waals surface area contributed by atoms with Gasteiger partial charge in [0.15, 0.2) is 5.16 Å². The van der Waals surface area contributed by atoms with Gasteiger partial charge >= 0.3 is 6.09 Å². The number of benzene rings is 1. The van der Waals surface area contributed by atoms with Crippen LogP contribution >= 0.6 is 11.8 Å². The van der Waals surface area contributed by atoms with Crippen molar-refractivity contribution in [1.82, 2.24) is 24.8 Å². The van der Waals surface area contributed by atoms with Gasteiger partial charge in [0.25, 0.3) is 0 Å². The fourth-order valence-corrected chi connectivity index (χ4v) is 4.07. The van der Waals surface area contributed by atoms with Crippen LogP contribution in [0.3, 0.4) is 0 Å². The quantitative estimate of drug-likeness (QED) is 0.587. The van der Waals surface area contributed by atoms with Crippen LogP contribution in [0.5, 0.6) is 5.75 Å². The lowest BCUT2D eigenvalue weighted by atomic mass is 10.2. The lowest BCUT2D eigenvalue weighted by Gasteiger charge is -2.34. The second-order valence-corrected chi connectivity index (χ2v) is 8.10. The maximum atomic E-state index is 12.5. The van der Waals surface area contributed by atoms with Gasteiger partial charge in [-0.25, -0.2) is 9.78 Å². The Balaban J connectivity index is 1.19. The van der Waals surface area contributed by atoms with Crippen molar-refractivity contribution in [2.45, 2.75) is 17.3 Å². The molecular weight excluding hydrogens is 398 g/mol. The largest absolute Gasteiger partial charge is 0.415 e. The number of imidazole rings is 1. The molecule has 1 aliphatic rings. The number of piperazine rings is 1. The van der Waals surface area contributed by atoms with Crippen LogP contribution in [0.2, 0.25) is 0 Å². The van der Waals surface area contributed by atoms with Gasteiger partial charge in [-0.15, -0.1) is 0 Å². The summed E-state index contributed by atoms with van der Waals surface area (Å²) in [5, 5.41) is 0.894. The number of amides is 1. The molecule has 0 saturated carbocycles. The third kappa shape index (κ3) is 5.84. The molecular formula is C22H25N5O2S. The van der Waals surface area contributed by atoms with Crippen molar-refractivity contribution in [2.75, 3.05) is 32.7 Å². The number of carbonyl (C=O) groups is 1. The number of H-pyrrole nitrogens is 1. The predicted octanol–water partition coefficient (Wildman–Crippen LogP) is 3.46. The first-order chi connectivity index (χ1) is 14.8. The second kappa shape index (κ2) is 10.3. The Kier molecular flexibility index (Phi) is 6.99. The molecule has 3 aromatic rings. The number of aromatic amines is 1. The van der Waals surface area contributed by atoms with Gasteiger partial charge in [-0.2, -0.15) is 0 Å². The molecule has 1 saturated heterocycles. The minimum atomic E-state index is -0.278. The van der Waals surface area contributed by atoms with Gasteiger partial charge in [-0.3, -0.25) is 9.88 Å². The topological polar surface area (TPSA) is 74.3 Å². The van der Waals surface area contributed by atoms with Gasteiger partial charge < -0.3 is 14.6 Å². The summed E-state index contributed by atoms with van der Waals surface area (Å²) in [5.74, 6) is 1.38. The molecule has 1 amide bonds. The fourth-order valence-electron chi connectivity index (χ4n) is 3.29. The number of hydrogen-bond acceptors (Lipinski definition) is 6. The number of ether oxygens (including phenoxy) is 1. The van der Waals surface area contributed by atoms with Gasteiger partial charge in [0, 0.05) is 63.3 Å². The summed E-state index contributed by atoms with van der Waals surface area (Å²) in [6, 6.07) is 11.7. The predicted molar refractivity (Wildman–Crippen MR) is 117 cm³/mol. The van der Waals surface area contributed by atoms with Crippen molar-refractivity contribution < 1.29 is 9.53 Å². The lowest BCUT2D eigenvalue weighted by molar-refractivity contribution is 0.111. The molecule has 0 unspecified atom stereocenters. The smallest absolute Gasteiger partial charge is 0.410 e. The Morgan fingerprint density at radius 1 is 1.07 bits per heavy atom. The van der Waals surface area contributed by atoms with E-state index >= 15 is 0 Å². The van der Waals surface area contributed by atoms with E-state index in [1.165, 1.54) is 5.56 Å². The van der Waals surface area contributed by atoms with Crippen molar-refractivity contribution >= 4 is 17.9 Å². The van der Waals surface area contributed by atoms with Crippen molar-refractivity contribution in [1.29, 1.82) is 0 Å². The highest BCUT2D eigenvalue weighted by molar-refractivity contribution is 7.98. The molecule has 2 aromatic heterocycles. The molecule has 7 nitrogen and oxygen atoms in total. The van der Waals surface area contributed by atoms with Crippen molar-refractivity contribution in [3.63, 3.8) is 0 Å². The molecule has 4 rings (SSSR count). The molecule has 1 fully saturated rings. The molecule has 1 N–H and O–H groups in total.